The van der Waals surface area contributed by atoms with Crippen molar-refractivity contribution in [2.45, 2.75) is 6.10 Å². The zero-order valence-corrected chi connectivity index (χ0v) is 14.5. The first-order chi connectivity index (χ1) is 12.2. The Hall–Kier alpha value is -2.57. The second kappa shape index (κ2) is 6.74. The van der Waals surface area contributed by atoms with Crippen LogP contribution in [-0.4, -0.2) is 17.5 Å². The Balaban J connectivity index is 1.47. The largest absolute Gasteiger partial charge is 0.485 e. The molecule has 2 heterocycles. The number of halogens is 1. The van der Waals surface area contributed by atoms with E-state index in [1.54, 1.807) is 29.6 Å². The number of amides is 1. The highest BCUT2D eigenvalue weighted by atomic mass is 35.5. The number of hydrogen-bond acceptors (Lipinski definition) is 5. The van der Waals surface area contributed by atoms with Gasteiger partial charge >= 0.3 is 0 Å². The van der Waals surface area contributed by atoms with Crippen LogP contribution in [0, 0.1) is 0 Å². The first-order valence-electron chi connectivity index (χ1n) is 7.60. The molecule has 1 aliphatic rings. The quantitative estimate of drug-likeness (QED) is 0.732. The molecule has 3 aromatic rings. The molecule has 4 rings (SSSR count). The van der Waals surface area contributed by atoms with Crippen LogP contribution >= 0.6 is 22.9 Å². The van der Waals surface area contributed by atoms with E-state index in [4.69, 9.17) is 21.1 Å². The summed E-state index contributed by atoms with van der Waals surface area (Å²) < 4.78 is 11.6. The number of para-hydroxylation sites is 2. The lowest BCUT2D eigenvalue weighted by Gasteiger charge is -2.24. The lowest BCUT2D eigenvalue weighted by Crippen LogP contribution is -2.21. The van der Waals surface area contributed by atoms with Gasteiger partial charge in [0, 0.05) is 16.1 Å². The third-order valence-corrected chi connectivity index (χ3v) is 4.83. The van der Waals surface area contributed by atoms with E-state index in [2.05, 4.69) is 10.3 Å². The van der Waals surface area contributed by atoms with Gasteiger partial charge in [0.2, 0.25) is 0 Å². The number of hydrogen-bond donors (Lipinski definition) is 1. The van der Waals surface area contributed by atoms with E-state index in [9.17, 15) is 4.79 Å². The van der Waals surface area contributed by atoms with E-state index in [1.165, 1.54) is 11.3 Å². The first-order valence-corrected chi connectivity index (χ1v) is 8.85. The van der Waals surface area contributed by atoms with Crippen LogP contribution < -0.4 is 14.8 Å². The topological polar surface area (TPSA) is 60.5 Å². The van der Waals surface area contributed by atoms with Gasteiger partial charge in [-0.1, -0.05) is 23.7 Å². The van der Waals surface area contributed by atoms with E-state index in [1.807, 2.05) is 24.3 Å². The number of carbonyl (C=O) groups excluding carboxylic acids is 1. The zero-order valence-electron chi connectivity index (χ0n) is 12.9. The number of ether oxygens (including phenoxy) is 2. The van der Waals surface area contributed by atoms with Gasteiger partial charge in [0.05, 0.1) is 0 Å². The maximum atomic E-state index is 12.3. The summed E-state index contributed by atoms with van der Waals surface area (Å²) >= 11 is 7.22. The maximum Gasteiger partial charge on any atom is 0.275 e. The summed E-state index contributed by atoms with van der Waals surface area (Å²) in [4.78, 5) is 16.7. The molecule has 0 unspecified atom stereocenters. The van der Waals surface area contributed by atoms with E-state index in [-0.39, 0.29) is 12.0 Å². The molecule has 5 nitrogen and oxygen atoms in total. The third-order valence-electron chi connectivity index (χ3n) is 3.64. The summed E-state index contributed by atoms with van der Waals surface area (Å²) in [5.74, 6) is 1.12. The second-order valence-corrected chi connectivity index (χ2v) is 6.72. The van der Waals surface area contributed by atoms with Gasteiger partial charge in [-0.05, 0) is 36.4 Å². The Morgan fingerprint density at radius 1 is 1.16 bits per heavy atom. The summed E-state index contributed by atoms with van der Waals surface area (Å²) in [6.45, 7) is 0.364. The average Bonchev–Trinajstić information content (AvgIpc) is 3.13. The van der Waals surface area contributed by atoms with Gasteiger partial charge in [-0.2, -0.15) is 0 Å². The van der Waals surface area contributed by atoms with E-state index in [0.717, 1.165) is 5.75 Å². The summed E-state index contributed by atoms with van der Waals surface area (Å²) in [5, 5.41) is 5.82. The number of carbonyl (C=O) groups is 1. The molecule has 0 fully saturated rings. The smallest absolute Gasteiger partial charge is 0.275 e. The monoisotopic (exact) mass is 372 g/mol. The van der Waals surface area contributed by atoms with Crippen molar-refractivity contribution in [1.29, 1.82) is 0 Å². The molecule has 1 N–H and O–H groups in total. The molecule has 126 valence electrons. The maximum absolute atomic E-state index is 12.3. The minimum Gasteiger partial charge on any atom is -0.485 e. The van der Waals surface area contributed by atoms with Gasteiger partial charge in [0.15, 0.2) is 17.6 Å². The fourth-order valence-electron chi connectivity index (χ4n) is 2.41. The standard InChI is InChI=1S/C18H13ClN2O3S/c19-11-5-7-12(8-6-11)20-17(22)13-10-25-18(21-13)16-9-23-14-3-1-2-4-15(14)24-16/h1-8,10,16H,9H2,(H,20,22)/t16-/m0/s1. The Morgan fingerprint density at radius 3 is 2.72 bits per heavy atom. The molecule has 7 heteroatoms. The van der Waals surface area contributed by atoms with Crippen molar-refractivity contribution < 1.29 is 14.3 Å². The lowest BCUT2D eigenvalue weighted by atomic mass is 10.2. The molecule has 1 aliphatic heterocycles. The third kappa shape index (κ3) is 3.45. The predicted molar refractivity (Wildman–Crippen MR) is 96.8 cm³/mol. The Morgan fingerprint density at radius 2 is 1.92 bits per heavy atom. The van der Waals surface area contributed by atoms with E-state index in [0.29, 0.717) is 33.8 Å². The number of fused-ring (bicyclic) bond motifs is 1. The van der Waals surface area contributed by atoms with E-state index >= 15 is 0 Å². The van der Waals surface area contributed by atoms with Crippen molar-refractivity contribution in [3.63, 3.8) is 0 Å². The Kier molecular flexibility index (Phi) is 4.29. The number of aromatic nitrogens is 1. The van der Waals surface area contributed by atoms with Gasteiger partial charge in [-0.15, -0.1) is 11.3 Å². The van der Waals surface area contributed by atoms with Crippen molar-refractivity contribution in [2.75, 3.05) is 11.9 Å². The fraction of sp³-hybridized carbons (Fsp3) is 0.111. The van der Waals surface area contributed by atoms with Crippen LogP contribution in [0.1, 0.15) is 21.6 Å². The molecule has 0 bridgehead atoms. The van der Waals surface area contributed by atoms with Crippen LogP contribution in [-0.2, 0) is 0 Å². The van der Waals surface area contributed by atoms with Crippen LogP contribution in [0.2, 0.25) is 5.02 Å². The summed E-state index contributed by atoms with van der Waals surface area (Å²) in [7, 11) is 0. The van der Waals surface area contributed by atoms with Crippen LogP contribution in [0.5, 0.6) is 11.5 Å². The second-order valence-electron chi connectivity index (χ2n) is 5.40. The summed E-state index contributed by atoms with van der Waals surface area (Å²) in [5.41, 5.74) is 1.01. The van der Waals surface area contributed by atoms with Gasteiger partial charge in [0.1, 0.15) is 17.3 Å². The number of benzene rings is 2. The Bertz CT molecular complexity index is 911. The number of nitrogens with zero attached hydrogens (tertiary/aromatic N) is 1. The van der Waals surface area contributed by atoms with Crippen LogP contribution in [0.4, 0.5) is 5.69 Å². The number of anilines is 1. The molecule has 1 atom stereocenters. The molecule has 0 saturated heterocycles. The molecule has 0 radical (unpaired) electrons. The molecular weight excluding hydrogens is 360 g/mol. The highest BCUT2D eigenvalue weighted by Crippen LogP contribution is 2.36. The van der Waals surface area contributed by atoms with Gasteiger partial charge in [0.25, 0.3) is 5.91 Å². The van der Waals surface area contributed by atoms with Gasteiger partial charge in [-0.25, -0.2) is 4.98 Å². The zero-order chi connectivity index (χ0) is 17.2. The van der Waals surface area contributed by atoms with E-state index < -0.39 is 0 Å². The molecule has 2 aromatic carbocycles. The number of rotatable bonds is 3. The van der Waals surface area contributed by atoms with Crippen LogP contribution in [0.25, 0.3) is 0 Å². The molecule has 1 amide bonds. The lowest BCUT2D eigenvalue weighted by molar-refractivity contribution is 0.0906. The minimum atomic E-state index is -0.322. The van der Waals surface area contributed by atoms with Crippen molar-refractivity contribution in [2.24, 2.45) is 0 Å². The van der Waals surface area contributed by atoms with Crippen LogP contribution in [0.15, 0.2) is 53.9 Å². The highest BCUT2D eigenvalue weighted by molar-refractivity contribution is 7.09. The summed E-state index contributed by atoms with van der Waals surface area (Å²) in [6.07, 6.45) is -0.322. The Labute approximate surface area is 153 Å². The molecule has 0 saturated carbocycles. The normalized spacial score (nSPS) is 15.6. The number of thiazole rings is 1. The van der Waals surface area contributed by atoms with Gasteiger partial charge in [-0.3, -0.25) is 4.79 Å². The highest BCUT2D eigenvalue weighted by Gasteiger charge is 2.25. The van der Waals surface area contributed by atoms with Crippen molar-refractivity contribution in [1.82, 2.24) is 4.98 Å². The van der Waals surface area contributed by atoms with Crippen LogP contribution in [0.3, 0.4) is 0 Å². The minimum absolute atomic E-state index is 0.276. The van der Waals surface area contributed by atoms with Crippen molar-refractivity contribution >= 4 is 34.5 Å². The molecule has 25 heavy (non-hydrogen) atoms. The molecule has 1 aromatic heterocycles. The van der Waals surface area contributed by atoms with Crippen molar-refractivity contribution in [3.05, 3.63) is 69.6 Å². The van der Waals surface area contributed by atoms with Crippen molar-refractivity contribution in [3.8, 4) is 11.5 Å². The summed E-state index contributed by atoms with van der Waals surface area (Å²) in [6, 6.07) is 14.4. The van der Waals surface area contributed by atoms with Gasteiger partial charge < -0.3 is 14.8 Å². The first kappa shape index (κ1) is 15.9. The molecule has 0 aliphatic carbocycles. The molecular formula is C18H13ClN2O3S. The average molecular weight is 373 g/mol. The molecule has 0 spiro atoms. The number of nitrogens with one attached hydrogen (secondary N) is 1. The SMILES string of the molecule is O=C(Nc1ccc(Cl)cc1)c1csc([C@@H]2COc3ccccc3O2)n1. The fourth-order valence-corrected chi connectivity index (χ4v) is 3.35. The predicted octanol–water partition coefficient (Wildman–Crippen LogP) is 4.56.